The summed E-state index contributed by atoms with van der Waals surface area (Å²) in [6.07, 6.45) is 0.701. The molecule has 0 N–H and O–H groups in total. The van der Waals surface area contributed by atoms with E-state index in [2.05, 4.69) is 16.8 Å². The highest BCUT2D eigenvalue weighted by Crippen LogP contribution is 2.10. The van der Waals surface area contributed by atoms with Gasteiger partial charge in [0.2, 0.25) is 5.88 Å². The Hall–Kier alpha value is -1.20. The van der Waals surface area contributed by atoms with Crippen LogP contribution in [0, 0.1) is 18.8 Å². The van der Waals surface area contributed by atoms with Crippen molar-refractivity contribution in [2.24, 2.45) is 0 Å². The summed E-state index contributed by atoms with van der Waals surface area (Å²) in [5.41, 5.74) is 1.81. The largest absolute Gasteiger partial charge is 0.481 e. The van der Waals surface area contributed by atoms with Crippen molar-refractivity contribution in [2.75, 3.05) is 13.0 Å². The minimum atomic E-state index is 0.565. The Morgan fingerprint density at radius 1 is 1.50 bits per heavy atom. The molecule has 0 amide bonds. The van der Waals surface area contributed by atoms with Gasteiger partial charge in [-0.2, -0.15) is 0 Å². The van der Waals surface area contributed by atoms with Gasteiger partial charge in [-0.15, -0.1) is 11.6 Å². The topological polar surface area (TPSA) is 22.1 Å². The maximum absolute atomic E-state index is 5.52. The summed E-state index contributed by atoms with van der Waals surface area (Å²) in [6.45, 7) is 1.91. The number of aromatic nitrogens is 1. The summed E-state index contributed by atoms with van der Waals surface area (Å²) in [7, 11) is 1.60. The first kappa shape index (κ1) is 10.9. The van der Waals surface area contributed by atoms with Crippen LogP contribution in [0.4, 0.5) is 0 Å². The molecule has 0 aliphatic rings. The highest BCUT2D eigenvalue weighted by atomic mass is 35.5. The van der Waals surface area contributed by atoms with Crippen LogP contribution in [0.3, 0.4) is 0 Å². The number of hydrogen-bond acceptors (Lipinski definition) is 2. The van der Waals surface area contributed by atoms with Crippen LogP contribution in [0.2, 0.25) is 0 Å². The van der Waals surface area contributed by atoms with E-state index >= 15 is 0 Å². The molecule has 0 bridgehead atoms. The molecule has 0 unspecified atom stereocenters. The minimum Gasteiger partial charge on any atom is -0.481 e. The van der Waals surface area contributed by atoms with E-state index in [4.69, 9.17) is 16.3 Å². The first-order valence-corrected chi connectivity index (χ1v) is 4.88. The first-order chi connectivity index (χ1) is 6.77. The summed E-state index contributed by atoms with van der Waals surface area (Å²) in [5.74, 6) is 7.16. The van der Waals surface area contributed by atoms with Crippen molar-refractivity contribution < 1.29 is 4.74 Å². The predicted molar refractivity (Wildman–Crippen MR) is 57.7 cm³/mol. The fourth-order valence-corrected chi connectivity index (χ4v) is 1.08. The predicted octanol–water partition coefficient (Wildman–Crippen LogP) is 2.38. The Balaban J connectivity index is 2.85. The fraction of sp³-hybridized carbons (Fsp3) is 0.364. The lowest BCUT2D eigenvalue weighted by Crippen LogP contribution is -1.92. The van der Waals surface area contributed by atoms with Gasteiger partial charge in [-0.25, -0.2) is 4.98 Å². The SMILES string of the molecule is COc1ccc(C#CCCCl)c(C)n1. The zero-order chi connectivity index (χ0) is 10.4. The number of alkyl halides is 1. The van der Waals surface area contributed by atoms with E-state index < -0.39 is 0 Å². The van der Waals surface area contributed by atoms with Crippen molar-refractivity contribution >= 4 is 11.6 Å². The van der Waals surface area contributed by atoms with Crippen LogP contribution in [0.1, 0.15) is 17.7 Å². The van der Waals surface area contributed by atoms with E-state index in [1.165, 1.54) is 0 Å². The van der Waals surface area contributed by atoms with Gasteiger partial charge < -0.3 is 4.74 Å². The molecule has 2 nitrogen and oxygen atoms in total. The molecule has 0 fully saturated rings. The van der Waals surface area contributed by atoms with Gasteiger partial charge in [0.05, 0.1) is 12.8 Å². The van der Waals surface area contributed by atoms with E-state index in [1.807, 2.05) is 13.0 Å². The molecular formula is C11H12ClNO. The molecule has 0 aromatic carbocycles. The van der Waals surface area contributed by atoms with Crippen LogP contribution in [0.5, 0.6) is 5.88 Å². The molecule has 0 radical (unpaired) electrons. The molecule has 3 heteroatoms. The van der Waals surface area contributed by atoms with Gasteiger partial charge in [0.25, 0.3) is 0 Å². The Morgan fingerprint density at radius 2 is 2.29 bits per heavy atom. The monoisotopic (exact) mass is 209 g/mol. The minimum absolute atomic E-state index is 0.565. The molecule has 0 saturated carbocycles. The molecule has 1 aromatic rings. The number of ether oxygens (including phenoxy) is 1. The van der Waals surface area contributed by atoms with Crippen molar-refractivity contribution in [1.82, 2.24) is 4.98 Å². The van der Waals surface area contributed by atoms with Crippen LogP contribution < -0.4 is 4.74 Å². The highest BCUT2D eigenvalue weighted by Gasteiger charge is 1.97. The van der Waals surface area contributed by atoms with Crippen molar-refractivity contribution in [2.45, 2.75) is 13.3 Å². The van der Waals surface area contributed by atoms with Gasteiger partial charge in [-0.05, 0) is 13.0 Å². The van der Waals surface area contributed by atoms with Gasteiger partial charge in [0.1, 0.15) is 0 Å². The Bertz CT molecular complexity index is 365. The van der Waals surface area contributed by atoms with Crippen LogP contribution >= 0.6 is 11.6 Å². The third-order valence-electron chi connectivity index (χ3n) is 1.71. The number of halogens is 1. The average Bonchev–Trinajstić information content (AvgIpc) is 2.20. The number of methoxy groups -OCH3 is 1. The quantitative estimate of drug-likeness (QED) is 0.551. The van der Waals surface area contributed by atoms with Crippen molar-refractivity contribution in [3.8, 4) is 17.7 Å². The van der Waals surface area contributed by atoms with E-state index in [9.17, 15) is 0 Å². The summed E-state index contributed by atoms with van der Waals surface area (Å²) in [6, 6.07) is 3.71. The van der Waals surface area contributed by atoms with Crippen molar-refractivity contribution in [1.29, 1.82) is 0 Å². The lowest BCUT2D eigenvalue weighted by molar-refractivity contribution is 0.397. The maximum atomic E-state index is 5.52. The molecule has 1 aromatic heterocycles. The van der Waals surface area contributed by atoms with Crippen LogP contribution in [-0.2, 0) is 0 Å². The fourth-order valence-electron chi connectivity index (χ4n) is 0.989. The first-order valence-electron chi connectivity index (χ1n) is 4.34. The number of rotatable bonds is 2. The van der Waals surface area contributed by atoms with E-state index in [-0.39, 0.29) is 0 Å². The smallest absolute Gasteiger partial charge is 0.213 e. The molecule has 1 rings (SSSR count). The zero-order valence-electron chi connectivity index (χ0n) is 8.30. The van der Waals surface area contributed by atoms with Gasteiger partial charge in [-0.3, -0.25) is 0 Å². The molecule has 74 valence electrons. The number of aryl methyl sites for hydroxylation is 1. The Labute approximate surface area is 89.3 Å². The summed E-state index contributed by atoms with van der Waals surface area (Å²) in [4.78, 5) is 4.21. The molecular weight excluding hydrogens is 198 g/mol. The van der Waals surface area contributed by atoms with Crippen LogP contribution in [0.25, 0.3) is 0 Å². The Kier molecular flexibility index (Phi) is 4.28. The normalized spacial score (nSPS) is 9.07. The lowest BCUT2D eigenvalue weighted by Gasteiger charge is -2.00. The summed E-state index contributed by atoms with van der Waals surface area (Å²) in [5, 5.41) is 0. The van der Waals surface area contributed by atoms with Crippen LogP contribution in [-0.4, -0.2) is 18.0 Å². The maximum Gasteiger partial charge on any atom is 0.213 e. The van der Waals surface area contributed by atoms with Crippen molar-refractivity contribution in [3.63, 3.8) is 0 Å². The van der Waals surface area contributed by atoms with Gasteiger partial charge in [0, 0.05) is 23.9 Å². The number of nitrogens with zero attached hydrogens (tertiary/aromatic N) is 1. The standard InChI is InChI=1S/C11H12ClNO/c1-9-10(5-3-4-8-12)6-7-11(13-9)14-2/h6-7H,4,8H2,1-2H3. The summed E-state index contributed by atoms with van der Waals surface area (Å²) < 4.78 is 5.00. The second-order valence-corrected chi connectivity index (χ2v) is 3.11. The highest BCUT2D eigenvalue weighted by molar-refractivity contribution is 6.18. The number of pyridine rings is 1. The van der Waals surface area contributed by atoms with Crippen LogP contribution in [0.15, 0.2) is 12.1 Å². The Morgan fingerprint density at radius 3 is 2.86 bits per heavy atom. The van der Waals surface area contributed by atoms with Gasteiger partial charge in [-0.1, -0.05) is 11.8 Å². The molecule has 0 saturated heterocycles. The molecule has 14 heavy (non-hydrogen) atoms. The second kappa shape index (κ2) is 5.51. The van der Waals surface area contributed by atoms with E-state index in [1.54, 1.807) is 13.2 Å². The third-order valence-corrected chi connectivity index (χ3v) is 1.90. The lowest BCUT2D eigenvalue weighted by atomic mass is 10.2. The second-order valence-electron chi connectivity index (χ2n) is 2.73. The number of hydrogen-bond donors (Lipinski definition) is 0. The molecule has 1 heterocycles. The van der Waals surface area contributed by atoms with E-state index in [0.717, 1.165) is 11.3 Å². The van der Waals surface area contributed by atoms with Gasteiger partial charge in [0.15, 0.2) is 0 Å². The zero-order valence-corrected chi connectivity index (χ0v) is 9.06. The average molecular weight is 210 g/mol. The third kappa shape index (κ3) is 2.93. The summed E-state index contributed by atoms with van der Waals surface area (Å²) >= 11 is 5.52. The molecule has 0 atom stereocenters. The van der Waals surface area contributed by atoms with Crippen molar-refractivity contribution in [3.05, 3.63) is 23.4 Å². The van der Waals surface area contributed by atoms with Gasteiger partial charge >= 0.3 is 0 Å². The van der Waals surface area contributed by atoms with E-state index in [0.29, 0.717) is 18.2 Å². The molecule has 0 aliphatic heterocycles. The molecule has 0 spiro atoms. The molecule has 0 aliphatic carbocycles.